The molecule has 0 atom stereocenters. The van der Waals surface area contributed by atoms with E-state index in [9.17, 15) is 9.18 Å². The number of thioether (sulfide) groups is 1. The van der Waals surface area contributed by atoms with Gasteiger partial charge in [0.25, 0.3) is 0 Å². The lowest BCUT2D eigenvalue weighted by atomic mass is 9.98. The van der Waals surface area contributed by atoms with Crippen molar-refractivity contribution in [2.45, 2.75) is 49.9 Å². The van der Waals surface area contributed by atoms with Gasteiger partial charge < -0.3 is 19.5 Å². The second-order valence-electron chi connectivity index (χ2n) is 12.0. The Labute approximate surface area is 261 Å². The minimum atomic E-state index is -0.427. The first-order valence-corrected chi connectivity index (χ1v) is 15.8. The summed E-state index contributed by atoms with van der Waals surface area (Å²) in [6.45, 7) is 8.91. The molecule has 0 unspecified atom stereocenters. The number of halogens is 2. The summed E-state index contributed by atoms with van der Waals surface area (Å²) in [5, 5.41) is 13.3. The highest BCUT2D eigenvalue weighted by Gasteiger charge is 2.20. The Hall–Kier alpha value is -3.40. The standard InChI is InChI=1S/C33H37ClFN5O2S/c1-33(2,3)40-15-12-26(19-40)36-30-18-29(27-17-25(34)8-9-28(27)35)37-38-31(30)43-21-23-6-5-7-24(16-23)32(41)42-20-22-10-13-39(4)14-11-22/h5-9,12,15-19,22H,10-11,13-14,20-21H2,1-4H3,(H,36,37). The number of likely N-dealkylation sites (tertiary alicyclic amines) is 1. The van der Waals surface area contributed by atoms with E-state index in [-0.39, 0.29) is 17.1 Å². The number of nitrogens with zero attached hydrogens (tertiary/aromatic N) is 4. The number of aromatic nitrogens is 3. The van der Waals surface area contributed by atoms with Crippen LogP contribution in [-0.4, -0.2) is 52.4 Å². The van der Waals surface area contributed by atoms with Gasteiger partial charge in [-0.3, -0.25) is 0 Å². The third kappa shape index (κ3) is 8.16. The fourth-order valence-electron chi connectivity index (χ4n) is 4.89. The number of ether oxygens (including phenoxy) is 1. The lowest BCUT2D eigenvalue weighted by Gasteiger charge is -2.28. The molecule has 1 aliphatic heterocycles. The van der Waals surface area contributed by atoms with Gasteiger partial charge in [-0.15, -0.1) is 10.2 Å². The van der Waals surface area contributed by atoms with Crippen LogP contribution >= 0.6 is 23.4 Å². The maximum absolute atomic E-state index is 14.7. The van der Waals surface area contributed by atoms with Crippen LogP contribution < -0.4 is 5.32 Å². The molecule has 1 saturated heterocycles. The van der Waals surface area contributed by atoms with E-state index in [1.165, 1.54) is 23.9 Å². The Bertz CT molecular complexity index is 1580. The van der Waals surface area contributed by atoms with Crippen LogP contribution in [0.3, 0.4) is 0 Å². The number of carbonyl (C=O) groups is 1. The quantitative estimate of drug-likeness (QED) is 0.150. The largest absolute Gasteiger partial charge is 0.462 e. The molecule has 0 aliphatic carbocycles. The molecule has 0 bridgehead atoms. The third-order valence-electron chi connectivity index (χ3n) is 7.54. The Morgan fingerprint density at radius 2 is 1.91 bits per heavy atom. The highest BCUT2D eigenvalue weighted by atomic mass is 35.5. The molecule has 226 valence electrons. The average molecular weight is 622 g/mol. The number of esters is 1. The van der Waals surface area contributed by atoms with E-state index in [0.717, 1.165) is 37.2 Å². The van der Waals surface area contributed by atoms with Gasteiger partial charge in [0, 0.05) is 34.3 Å². The number of nitrogens with one attached hydrogen (secondary N) is 1. The molecule has 1 N–H and O–H groups in total. The van der Waals surface area contributed by atoms with E-state index in [2.05, 4.69) is 52.8 Å². The number of hydrogen-bond acceptors (Lipinski definition) is 7. The molecule has 1 fully saturated rings. The maximum atomic E-state index is 14.7. The topological polar surface area (TPSA) is 72.3 Å². The molecule has 0 spiro atoms. The summed E-state index contributed by atoms with van der Waals surface area (Å²) in [6.07, 6.45) is 6.12. The van der Waals surface area contributed by atoms with Crippen molar-refractivity contribution < 1.29 is 13.9 Å². The van der Waals surface area contributed by atoms with Crippen LogP contribution in [0.1, 0.15) is 49.5 Å². The Balaban J connectivity index is 1.33. The normalized spacial score (nSPS) is 14.6. The first-order chi connectivity index (χ1) is 20.5. The summed E-state index contributed by atoms with van der Waals surface area (Å²) in [7, 11) is 2.12. The maximum Gasteiger partial charge on any atom is 0.338 e. The molecule has 1 aliphatic rings. The van der Waals surface area contributed by atoms with Gasteiger partial charge in [-0.2, -0.15) is 0 Å². The van der Waals surface area contributed by atoms with Crippen LogP contribution in [0.15, 0.2) is 72.0 Å². The monoisotopic (exact) mass is 621 g/mol. The first kappa shape index (κ1) is 31.0. The fraction of sp³-hybridized carbons (Fsp3) is 0.364. The van der Waals surface area contributed by atoms with Crippen molar-refractivity contribution in [3.05, 3.63) is 89.0 Å². The molecule has 3 heterocycles. The van der Waals surface area contributed by atoms with E-state index in [0.29, 0.717) is 45.3 Å². The molecule has 2 aromatic heterocycles. The van der Waals surface area contributed by atoms with Gasteiger partial charge in [0.2, 0.25) is 0 Å². The minimum Gasteiger partial charge on any atom is -0.462 e. The van der Waals surface area contributed by atoms with E-state index < -0.39 is 5.82 Å². The van der Waals surface area contributed by atoms with Gasteiger partial charge in [-0.25, -0.2) is 9.18 Å². The number of carbonyl (C=O) groups excluding carboxylic acids is 1. The molecule has 7 nitrogen and oxygen atoms in total. The highest BCUT2D eigenvalue weighted by Crippen LogP contribution is 2.34. The minimum absolute atomic E-state index is 0.0810. The Morgan fingerprint density at radius 3 is 2.65 bits per heavy atom. The molecule has 4 aromatic rings. The van der Waals surface area contributed by atoms with Gasteiger partial charge in [0.1, 0.15) is 10.8 Å². The molecular formula is C33H37ClFN5O2S. The second-order valence-corrected chi connectivity index (χ2v) is 13.4. The van der Waals surface area contributed by atoms with Crippen molar-refractivity contribution in [3.63, 3.8) is 0 Å². The van der Waals surface area contributed by atoms with Crippen LogP contribution in [0, 0.1) is 11.7 Å². The predicted molar refractivity (Wildman–Crippen MR) is 172 cm³/mol. The molecule has 0 saturated carbocycles. The van der Waals surface area contributed by atoms with Gasteiger partial charge >= 0.3 is 5.97 Å². The van der Waals surface area contributed by atoms with Gasteiger partial charge in [-0.05, 0) is 108 Å². The molecule has 10 heteroatoms. The zero-order valence-electron chi connectivity index (χ0n) is 24.9. The zero-order chi connectivity index (χ0) is 30.6. The van der Waals surface area contributed by atoms with E-state index in [1.807, 2.05) is 36.7 Å². The molecular weight excluding hydrogens is 585 g/mol. The fourth-order valence-corrected chi connectivity index (χ4v) is 5.91. The second kappa shape index (κ2) is 13.5. The molecule has 43 heavy (non-hydrogen) atoms. The van der Waals surface area contributed by atoms with Crippen molar-refractivity contribution in [1.29, 1.82) is 0 Å². The Kier molecular flexibility index (Phi) is 9.74. The van der Waals surface area contributed by atoms with Crippen molar-refractivity contribution in [1.82, 2.24) is 19.7 Å². The average Bonchev–Trinajstić information content (AvgIpc) is 3.47. The summed E-state index contributed by atoms with van der Waals surface area (Å²) in [5.74, 6) is 0.229. The lowest BCUT2D eigenvalue weighted by Crippen LogP contribution is -2.32. The smallest absolute Gasteiger partial charge is 0.338 e. The first-order valence-electron chi connectivity index (χ1n) is 14.4. The van der Waals surface area contributed by atoms with Crippen LogP contribution in [0.25, 0.3) is 11.3 Å². The van der Waals surface area contributed by atoms with Crippen LogP contribution in [0.4, 0.5) is 15.8 Å². The van der Waals surface area contributed by atoms with Crippen LogP contribution in [-0.2, 0) is 16.0 Å². The number of benzene rings is 2. The number of rotatable bonds is 9. The molecule has 5 rings (SSSR count). The molecule has 0 radical (unpaired) electrons. The van der Waals surface area contributed by atoms with E-state index >= 15 is 0 Å². The summed E-state index contributed by atoms with van der Waals surface area (Å²) in [5.41, 5.74) is 3.62. The van der Waals surface area contributed by atoms with Crippen molar-refractivity contribution in [2.75, 3.05) is 32.1 Å². The van der Waals surface area contributed by atoms with Crippen molar-refractivity contribution in [2.24, 2.45) is 5.92 Å². The van der Waals surface area contributed by atoms with Gasteiger partial charge in [-0.1, -0.05) is 35.5 Å². The highest BCUT2D eigenvalue weighted by molar-refractivity contribution is 7.98. The lowest BCUT2D eigenvalue weighted by molar-refractivity contribution is 0.0384. The van der Waals surface area contributed by atoms with Crippen LogP contribution in [0.2, 0.25) is 5.02 Å². The number of hydrogen-bond donors (Lipinski definition) is 1. The van der Waals surface area contributed by atoms with Crippen molar-refractivity contribution >= 4 is 40.7 Å². The predicted octanol–water partition coefficient (Wildman–Crippen LogP) is 8.03. The number of piperidine rings is 1. The number of anilines is 2. The molecule has 2 aromatic carbocycles. The Morgan fingerprint density at radius 1 is 1.12 bits per heavy atom. The third-order valence-corrected chi connectivity index (χ3v) is 8.83. The summed E-state index contributed by atoms with van der Waals surface area (Å²) < 4.78 is 22.5. The van der Waals surface area contributed by atoms with Crippen LogP contribution in [0.5, 0.6) is 0 Å². The van der Waals surface area contributed by atoms with E-state index in [4.69, 9.17) is 16.3 Å². The SMILES string of the molecule is CN1CCC(COC(=O)c2cccc(CSc3nnc(-c4cc(Cl)ccc4F)cc3Nc3ccn(C(C)(C)C)c3)c2)CC1. The summed E-state index contributed by atoms with van der Waals surface area (Å²) in [6, 6.07) is 15.6. The van der Waals surface area contributed by atoms with E-state index in [1.54, 1.807) is 18.2 Å². The summed E-state index contributed by atoms with van der Waals surface area (Å²) in [4.78, 5) is 15.1. The van der Waals surface area contributed by atoms with Gasteiger partial charge in [0.15, 0.2) is 0 Å². The molecule has 0 amide bonds. The van der Waals surface area contributed by atoms with Crippen molar-refractivity contribution in [3.8, 4) is 11.3 Å². The zero-order valence-corrected chi connectivity index (χ0v) is 26.5. The summed E-state index contributed by atoms with van der Waals surface area (Å²) >= 11 is 7.64. The van der Waals surface area contributed by atoms with Gasteiger partial charge in [0.05, 0.1) is 29.2 Å².